The second-order valence-corrected chi connectivity index (χ2v) is 3.94. The number of hydrogen-bond donors (Lipinski definition) is 1. The first-order valence-electron chi connectivity index (χ1n) is 4.17. The summed E-state index contributed by atoms with van der Waals surface area (Å²) in [5.74, 6) is -0.354. The van der Waals surface area contributed by atoms with Gasteiger partial charge in [-0.25, -0.2) is 18.9 Å². The van der Waals surface area contributed by atoms with E-state index in [1.165, 1.54) is 17.0 Å². The van der Waals surface area contributed by atoms with E-state index in [4.69, 9.17) is 0 Å². The Morgan fingerprint density at radius 3 is 2.87 bits per heavy atom. The highest BCUT2D eigenvalue weighted by molar-refractivity contribution is 9.10. The van der Waals surface area contributed by atoms with Crippen LogP contribution in [-0.4, -0.2) is 14.8 Å². The minimum atomic E-state index is -0.354. The fraction of sp³-hybridized carbons (Fsp3) is 0.111. The largest absolute Gasteiger partial charge is 0.347 e. The van der Waals surface area contributed by atoms with Gasteiger partial charge in [0.2, 0.25) is 0 Å². The minimum absolute atomic E-state index is 0.316. The van der Waals surface area contributed by atoms with Gasteiger partial charge in [-0.15, -0.1) is 0 Å². The Kier molecular flexibility index (Phi) is 2.44. The summed E-state index contributed by atoms with van der Waals surface area (Å²) in [6.07, 6.45) is 1.36. The number of aryl methyl sites for hydroxylation is 1. The lowest BCUT2D eigenvalue weighted by Gasteiger charge is -2.06. The Morgan fingerprint density at radius 2 is 2.27 bits per heavy atom. The van der Waals surface area contributed by atoms with E-state index in [1.54, 1.807) is 13.0 Å². The molecule has 2 rings (SSSR count). The van der Waals surface area contributed by atoms with E-state index in [0.29, 0.717) is 15.7 Å². The number of benzene rings is 1. The highest BCUT2D eigenvalue weighted by atomic mass is 79.9. The molecule has 0 aliphatic rings. The Balaban J connectivity index is 2.69. The van der Waals surface area contributed by atoms with Crippen LogP contribution >= 0.6 is 15.9 Å². The maximum Gasteiger partial charge on any atom is 0.347 e. The Labute approximate surface area is 92.9 Å². The van der Waals surface area contributed by atoms with Crippen molar-refractivity contribution in [1.82, 2.24) is 14.8 Å². The third-order valence-corrected chi connectivity index (χ3v) is 2.66. The summed E-state index contributed by atoms with van der Waals surface area (Å²) < 4.78 is 14.8. The van der Waals surface area contributed by atoms with Crippen LogP contribution in [0, 0.1) is 12.7 Å². The van der Waals surface area contributed by atoms with Crippen LogP contribution in [0.1, 0.15) is 5.56 Å². The zero-order valence-corrected chi connectivity index (χ0v) is 9.38. The monoisotopic (exact) mass is 271 g/mol. The molecule has 0 aliphatic heterocycles. The molecule has 0 amide bonds. The number of aromatic nitrogens is 3. The van der Waals surface area contributed by atoms with Gasteiger partial charge in [-0.05, 0) is 40.5 Å². The summed E-state index contributed by atoms with van der Waals surface area (Å²) in [5.41, 5.74) is 0.915. The van der Waals surface area contributed by atoms with Gasteiger partial charge in [-0.2, -0.15) is 5.10 Å². The topological polar surface area (TPSA) is 50.7 Å². The average molecular weight is 272 g/mol. The van der Waals surface area contributed by atoms with Gasteiger partial charge < -0.3 is 0 Å². The molecular weight excluding hydrogens is 265 g/mol. The molecule has 0 aliphatic carbocycles. The zero-order valence-electron chi connectivity index (χ0n) is 7.79. The lowest BCUT2D eigenvalue weighted by Crippen LogP contribution is -2.15. The van der Waals surface area contributed by atoms with Crippen molar-refractivity contribution in [3.63, 3.8) is 0 Å². The molecular formula is C9H7BrFN3O. The van der Waals surface area contributed by atoms with Crippen molar-refractivity contribution in [2.75, 3.05) is 0 Å². The second kappa shape index (κ2) is 3.62. The van der Waals surface area contributed by atoms with Crippen LogP contribution in [-0.2, 0) is 0 Å². The van der Waals surface area contributed by atoms with Gasteiger partial charge in [-0.1, -0.05) is 0 Å². The van der Waals surface area contributed by atoms with Crippen molar-refractivity contribution in [2.45, 2.75) is 6.92 Å². The third-order valence-electron chi connectivity index (χ3n) is 2.05. The molecule has 0 unspecified atom stereocenters. The minimum Gasteiger partial charge on any atom is -0.249 e. The summed E-state index contributed by atoms with van der Waals surface area (Å²) in [5, 5.41) is 5.88. The molecule has 0 bridgehead atoms. The van der Waals surface area contributed by atoms with Gasteiger partial charge in [0.05, 0.1) is 10.2 Å². The van der Waals surface area contributed by atoms with Gasteiger partial charge in [0.25, 0.3) is 0 Å². The van der Waals surface area contributed by atoms with Gasteiger partial charge in [0.15, 0.2) is 0 Å². The van der Waals surface area contributed by atoms with E-state index in [1.807, 2.05) is 0 Å². The van der Waals surface area contributed by atoms with Crippen molar-refractivity contribution in [1.29, 1.82) is 0 Å². The van der Waals surface area contributed by atoms with Crippen LogP contribution in [0.15, 0.2) is 27.7 Å². The van der Waals surface area contributed by atoms with Crippen LogP contribution in [0.2, 0.25) is 0 Å². The molecule has 0 saturated heterocycles. The highest BCUT2D eigenvalue weighted by Crippen LogP contribution is 2.22. The summed E-state index contributed by atoms with van der Waals surface area (Å²) >= 11 is 3.07. The van der Waals surface area contributed by atoms with Crippen molar-refractivity contribution >= 4 is 15.9 Å². The van der Waals surface area contributed by atoms with Crippen LogP contribution in [0.3, 0.4) is 0 Å². The molecule has 1 N–H and O–H groups in total. The van der Waals surface area contributed by atoms with E-state index in [9.17, 15) is 9.18 Å². The average Bonchev–Trinajstić information content (AvgIpc) is 2.58. The van der Waals surface area contributed by atoms with Crippen LogP contribution < -0.4 is 5.69 Å². The van der Waals surface area contributed by atoms with E-state index in [2.05, 4.69) is 26.1 Å². The molecule has 4 nitrogen and oxygen atoms in total. The van der Waals surface area contributed by atoms with E-state index < -0.39 is 0 Å². The van der Waals surface area contributed by atoms with E-state index in [0.717, 1.165) is 0 Å². The number of H-pyrrole nitrogens is 1. The molecule has 1 aromatic carbocycles. The number of rotatable bonds is 1. The number of hydrogen-bond acceptors (Lipinski definition) is 2. The third kappa shape index (κ3) is 1.72. The number of halogens is 2. The van der Waals surface area contributed by atoms with Crippen LogP contribution in [0.25, 0.3) is 5.69 Å². The normalized spacial score (nSPS) is 10.6. The van der Waals surface area contributed by atoms with Crippen molar-refractivity contribution in [3.05, 3.63) is 44.8 Å². The summed E-state index contributed by atoms with van der Waals surface area (Å²) in [7, 11) is 0. The number of nitrogens with zero attached hydrogens (tertiary/aromatic N) is 2. The fourth-order valence-electron chi connectivity index (χ4n) is 1.32. The standard InChI is InChI=1S/C9H7BrFN3O/c1-5-2-7(11)6(10)3-8(5)14-4-12-13-9(14)15/h2-4H,1H3,(H,13,15). The predicted octanol–water partition coefficient (Wildman–Crippen LogP) is 1.77. The smallest absolute Gasteiger partial charge is 0.249 e. The van der Waals surface area contributed by atoms with Gasteiger partial charge in [-0.3, -0.25) is 0 Å². The lowest BCUT2D eigenvalue weighted by molar-refractivity contribution is 0.619. The molecule has 0 spiro atoms. The fourth-order valence-corrected chi connectivity index (χ4v) is 1.65. The van der Waals surface area contributed by atoms with Gasteiger partial charge >= 0.3 is 5.69 Å². The summed E-state index contributed by atoms with van der Waals surface area (Å²) in [6, 6.07) is 2.90. The number of nitrogens with one attached hydrogen (secondary N) is 1. The van der Waals surface area contributed by atoms with Crippen molar-refractivity contribution in [3.8, 4) is 5.69 Å². The van der Waals surface area contributed by atoms with Gasteiger partial charge in [0, 0.05) is 0 Å². The first-order chi connectivity index (χ1) is 7.09. The van der Waals surface area contributed by atoms with Crippen molar-refractivity contribution in [2.24, 2.45) is 0 Å². The molecule has 1 aromatic heterocycles. The van der Waals surface area contributed by atoms with Gasteiger partial charge in [0.1, 0.15) is 12.1 Å². The molecule has 1 heterocycles. The first-order valence-corrected chi connectivity index (χ1v) is 4.97. The quantitative estimate of drug-likeness (QED) is 0.860. The van der Waals surface area contributed by atoms with Crippen LogP contribution in [0.4, 0.5) is 4.39 Å². The molecule has 2 aromatic rings. The summed E-state index contributed by atoms with van der Waals surface area (Å²) in [6.45, 7) is 1.73. The Bertz CT molecular complexity index is 561. The Morgan fingerprint density at radius 1 is 1.53 bits per heavy atom. The molecule has 0 saturated carbocycles. The molecule has 6 heteroatoms. The summed E-state index contributed by atoms with van der Waals surface area (Å²) in [4.78, 5) is 11.3. The molecule has 78 valence electrons. The molecule has 0 fully saturated rings. The second-order valence-electron chi connectivity index (χ2n) is 3.08. The number of aromatic amines is 1. The van der Waals surface area contributed by atoms with E-state index in [-0.39, 0.29) is 11.5 Å². The highest BCUT2D eigenvalue weighted by Gasteiger charge is 2.08. The lowest BCUT2D eigenvalue weighted by atomic mass is 10.2. The van der Waals surface area contributed by atoms with E-state index >= 15 is 0 Å². The molecule has 0 radical (unpaired) electrons. The maximum absolute atomic E-state index is 13.1. The maximum atomic E-state index is 13.1. The van der Waals surface area contributed by atoms with Crippen molar-refractivity contribution < 1.29 is 4.39 Å². The molecule has 15 heavy (non-hydrogen) atoms. The van der Waals surface area contributed by atoms with Crippen LogP contribution in [0.5, 0.6) is 0 Å². The first kappa shape index (κ1) is 10.1. The predicted molar refractivity (Wildman–Crippen MR) is 56.6 cm³/mol. The molecule has 0 atom stereocenters. The Hall–Kier alpha value is -1.43. The zero-order chi connectivity index (χ0) is 11.0. The SMILES string of the molecule is Cc1cc(F)c(Br)cc1-n1cn[nH]c1=O.